The maximum atomic E-state index is 13.7. The van der Waals surface area contributed by atoms with Gasteiger partial charge in [0.25, 0.3) is 0 Å². The molecule has 1 heterocycles. The SMILES string of the molecule is CCOC(=O)C1C(C)=NC2=C(C(=O)C[C@H](c3ccc(OC)c(OC)c3)C2)[C@H]1c1ccc(C(=O)OC)cc1. The van der Waals surface area contributed by atoms with Gasteiger partial charge in [0, 0.05) is 29.3 Å². The highest BCUT2D eigenvalue weighted by Gasteiger charge is 2.44. The third-order valence-electron chi connectivity index (χ3n) is 7.00. The van der Waals surface area contributed by atoms with Gasteiger partial charge in [-0.3, -0.25) is 14.6 Å². The van der Waals surface area contributed by atoms with Gasteiger partial charge in [-0.1, -0.05) is 18.2 Å². The molecule has 4 rings (SSSR count). The Morgan fingerprint density at radius 2 is 1.62 bits per heavy atom. The van der Waals surface area contributed by atoms with E-state index in [1.54, 1.807) is 52.3 Å². The van der Waals surface area contributed by atoms with Crippen molar-refractivity contribution in [1.82, 2.24) is 0 Å². The van der Waals surface area contributed by atoms with Crippen LogP contribution < -0.4 is 9.47 Å². The molecular formula is C29H31NO7. The predicted octanol–water partition coefficient (Wildman–Crippen LogP) is 4.63. The minimum Gasteiger partial charge on any atom is -0.493 e. The molecule has 8 nitrogen and oxygen atoms in total. The lowest BCUT2D eigenvalue weighted by atomic mass is 9.69. The first kappa shape index (κ1) is 26.1. The summed E-state index contributed by atoms with van der Waals surface area (Å²) in [7, 11) is 4.48. The average molecular weight is 506 g/mol. The lowest BCUT2D eigenvalue weighted by molar-refractivity contribution is -0.146. The van der Waals surface area contributed by atoms with Crippen LogP contribution in [0.15, 0.2) is 58.7 Å². The van der Waals surface area contributed by atoms with Crippen LogP contribution in [0.5, 0.6) is 11.5 Å². The average Bonchev–Trinajstić information content (AvgIpc) is 2.91. The van der Waals surface area contributed by atoms with Crippen molar-refractivity contribution in [3.05, 3.63) is 70.4 Å². The summed E-state index contributed by atoms with van der Waals surface area (Å²) in [6.45, 7) is 3.76. The number of carbonyl (C=O) groups excluding carboxylic acids is 3. The molecule has 1 aliphatic heterocycles. The molecule has 37 heavy (non-hydrogen) atoms. The number of methoxy groups -OCH3 is 3. The molecule has 3 atom stereocenters. The zero-order chi connectivity index (χ0) is 26.7. The van der Waals surface area contributed by atoms with Crippen LogP contribution in [0.2, 0.25) is 0 Å². The first-order chi connectivity index (χ1) is 17.8. The summed E-state index contributed by atoms with van der Waals surface area (Å²) >= 11 is 0. The van der Waals surface area contributed by atoms with Crippen molar-refractivity contribution in [3.8, 4) is 11.5 Å². The molecule has 0 saturated heterocycles. The smallest absolute Gasteiger partial charge is 0.337 e. The number of ether oxygens (including phenoxy) is 4. The molecule has 1 aliphatic carbocycles. The number of ketones is 1. The molecule has 2 aliphatic rings. The van der Waals surface area contributed by atoms with Crippen molar-refractivity contribution in [2.75, 3.05) is 27.9 Å². The van der Waals surface area contributed by atoms with Gasteiger partial charge in [0.1, 0.15) is 5.92 Å². The number of benzene rings is 2. The van der Waals surface area contributed by atoms with Gasteiger partial charge in [-0.25, -0.2) is 4.79 Å². The summed E-state index contributed by atoms with van der Waals surface area (Å²) in [5.41, 5.74) is 3.89. The molecule has 0 aromatic heterocycles. The fourth-order valence-electron chi connectivity index (χ4n) is 5.24. The molecule has 0 saturated carbocycles. The van der Waals surface area contributed by atoms with Gasteiger partial charge in [0.2, 0.25) is 0 Å². The maximum Gasteiger partial charge on any atom is 0.337 e. The zero-order valence-corrected chi connectivity index (χ0v) is 21.7. The molecule has 0 N–H and O–H groups in total. The van der Waals surface area contributed by atoms with E-state index in [2.05, 4.69) is 0 Å². The van der Waals surface area contributed by atoms with E-state index >= 15 is 0 Å². The largest absolute Gasteiger partial charge is 0.493 e. The topological polar surface area (TPSA) is 100 Å². The molecule has 0 amide bonds. The van der Waals surface area contributed by atoms with E-state index in [-0.39, 0.29) is 24.7 Å². The Morgan fingerprint density at radius 1 is 0.946 bits per heavy atom. The van der Waals surface area contributed by atoms with Gasteiger partial charge < -0.3 is 18.9 Å². The number of allylic oxidation sites excluding steroid dienone is 2. The van der Waals surface area contributed by atoms with Crippen molar-refractivity contribution in [2.24, 2.45) is 10.9 Å². The second kappa shape index (κ2) is 11.0. The van der Waals surface area contributed by atoms with E-state index in [0.29, 0.717) is 40.5 Å². The summed E-state index contributed by atoms with van der Waals surface area (Å²) < 4.78 is 21.0. The third-order valence-corrected chi connectivity index (χ3v) is 7.00. The zero-order valence-electron chi connectivity index (χ0n) is 21.7. The van der Waals surface area contributed by atoms with E-state index in [0.717, 1.165) is 11.1 Å². The van der Waals surface area contributed by atoms with E-state index in [1.165, 1.54) is 7.11 Å². The highest BCUT2D eigenvalue weighted by molar-refractivity contribution is 6.09. The molecule has 0 spiro atoms. The summed E-state index contributed by atoms with van der Waals surface area (Å²) in [4.78, 5) is 43.5. The molecule has 0 bridgehead atoms. The van der Waals surface area contributed by atoms with Crippen LogP contribution >= 0.6 is 0 Å². The number of esters is 2. The van der Waals surface area contributed by atoms with Crippen molar-refractivity contribution in [1.29, 1.82) is 0 Å². The molecule has 194 valence electrons. The van der Waals surface area contributed by atoms with Gasteiger partial charge in [-0.2, -0.15) is 0 Å². The second-order valence-electron chi connectivity index (χ2n) is 9.08. The van der Waals surface area contributed by atoms with Gasteiger partial charge in [-0.05, 0) is 61.6 Å². The van der Waals surface area contributed by atoms with Crippen molar-refractivity contribution in [3.63, 3.8) is 0 Å². The standard InChI is InChI=1S/C29H31NO7/c1-6-37-29(33)25-16(2)30-21-13-20(19-11-12-23(34-3)24(15-19)35-4)14-22(31)27(21)26(25)17-7-9-18(10-8-17)28(32)36-5/h7-12,15,20,25-26H,6,13-14H2,1-5H3/t20-,25?,26+/m1/s1. The molecule has 2 aromatic carbocycles. The van der Waals surface area contributed by atoms with Crippen LogP contribution in [0.4, 0.5) is 0 Å². The minimum atomic E-state index is -0.732. The Balaban J connectivity index is 1.77. The van der Waals surface area contributed by atoms with E-state index in [9.17, 15) is 14.4 Å². The van der Waals surface area contributed by atoms with E-state index in [1.807, 2.05) is 18.2 Å². The number of hydrogen-bond donors (Lipinski definition) is 0. The monoisotopic (exact) mass is 505 g/mol. The quantitative estimate of drug-likeness (QED) is 0.506. The highest BCUT2D eigenvalue weighted by Crippen LogP contribution is 2.47. The maximum absolute atomic E-state index is 13.7. The fraction of sp³-hybridized carbons (Fsp3) is 0.379. The molecule has 0 fully saturated rings. The van der Waals surface area contributed by atoms with Gasteiger partial charge >= 0.3 is 11.9 Å². The number of carbonyl (C=O) groups is 3. The lowest BCUT2D eigenvalue weighted by Crippen LogP contribution is -2.38. The van der Waals surface area contributed by atoms with Crippen LogP contribution in [0, 0.1) is 5.92 Å². The summed E-state index contributed by atoms with van der Waals surface area (Å²) in [6.07, 6.45) is 0.815. The summed E-state index contributed by atoms with van der Waals surface area (Å²) in [5.74, 6) is -1.11. The van der Waals surface area contributed by atoms with Crippen molar-refractivity contribution in [2.45, 2.75) is 38.5 Å². The van der Waals surface area contributed by atoms with Crippen LogP contribution in [0.3, 0.4) is 0 Å². The normalized spacial score (nSPS) is 21.1. The second-order valence-corrected chi connectivity index (χ2v) is 9.08. The number of rotatable bonds is 7. The molecular weight excluding hydrogens is 474 g/mol. The van der Waals surface area contributed by atoms with Gasteiger partial charge in [0.15, 0.2) is 17.3 Å². The van der Waals surface area contributed by atoms with Crippen LogP contribution in [0.25, 0.3) is 0 Å². The number of hydrogen-bond acceptors (Lipinski definition) is 8. The number of Topliss-reactive ketones (excluding diaryl/α,β-unsaturated/α-hetero) is 1. The fourth-order valence-corrected chi connectivity index (χ4v) is 5.24. The summed E-state index contributed by atoms with van der Waals surface area (Å²) in [5, 5.41) is 0. The van der Waals surface area contributed by atoms with Gasteiger partial charge in [0.05, 0.1) is 33.5 Å². The highest BCUT2D eigenvalue weighted by atomic mass is 16.5. The first-order valence-corrected chi connectivity index (χ1v) is 12.2. The number of aliphatic imine (C=N–C) groups is 1. The molecule has 8 heteroatoms. The van der Waals surface area contributed by atoms with Gasteiger partial charge in [-0.15, -0.1) is 0 Å². The lowest BCUT2D eigenvalue weighted by Gasteiger charge is -2.36. The van der Waals surface area contributed by atoms with Crippen LogP contribution in [-0.4, -0.2) is 51.4 Å². The Hall–Kier alpha value is -3.94. The minimum absolute atomic E-state index is 0.0615. The predicted molar refractivity (Wildman–Crippen MR) is 137 cm³/mol. The molecule has 2 aromatic rings. The van der Waals surface area contributed by atoms with E-state index < -0.39 is 23.8 Å². The first-order valence-electron chi connectivity index (χ1n) is 12.2. The Kier molecular flexibility index (Phi) is 7.76. The number of nitrogens with zero attached hydrogens (tertiary/aromatic N) is 1. The van der Waals surface area contributed by atoms with Crippen molar-refractivity contribution < 1.29 is 33.3 Å². The summed E-state index contributed by atoms with van der Waals surface area (Å²) in [6, 6.07) is 12.5. The Bertz CT molecular complexity index is 1280. The Morgan fingerprint density at radius 3 is 2.24 bits per heavy atom. The third kappa shape index (κ3) is 5.01. The molecule has 0 radical (unpaired) electrons. The van der Waals surface area contributed by atoms with Crippen molar-refractivity contribution >= 4 is 23.4 Å². The van der Waals surface area contributed by atoms with E-state index in [4.69, 9.17) is 23.9 Å². The van der Waals surface area contributed by atoms with Crippen LogP contribution in [0.1, 0.15) is 60.0 Å². The van der Waals surface area contributed by atoms with Crippen LogP contribution in [-0.2, 0) is 19.1 Å². The Labute approximate surface area is 216 Å². The molecule has 1 unspecified atom stereocenters.